The highest BCUT2D eigenvalue weighted by atomic mass is 16.1. The minimum absolute atomic E-state index is 0.0341. The summed E-state index contributed by atoms with van der Waals surface area (Å²) >= 11 is 0. The molecule has 1 aliphatic carbocycles. The zero-order chi connectivity index (χ0) is 13.8. The molecule has 1 amide bonds. The molecule has 1 N–H and O–H groups in total. The lowest BCUT2D eigenvalue weighted by Gasteiger charge is -2.07. The molecule has 102 valence electrons. The van der Waals surface area contributed by atoms with Gasteiger partial charge in [0, 0.05) is 24.5 Å². The van der Waals surface area contributed by atoms with Crippen LogP contribution in [-0.4, -0.2) is 15.9 Å². The molecule has 20 heavy (non-hydrogen) atoms. The molecule has 0 unspecified atom stereocenters. The Balaban J connectivity index is 1.56. The lowest BCUT2D eigenvalue weighted by atomic mass is 10.1. The molecule has 0 radical (unpaired) electrons. The Morgan fingerprint density at radius 3 is 2.80 bits per heavy atom. The van der Waals surface area contributed by atoms with E-state index in [1.807, 2.05) is 6.07 Å². The van der Waals surface area contributed by atoms with Crippen molar-refractivity contribution < 1.29 is 4.79 Å². The van der Waals surface area contributed by atoms with Crippen LogP contribution >= 0.6 is 0 Å². The van der Waals surface area contributed by atoms with Gasteiger partial charge in [0.2, 0.25) is 5.91 Å². The first kappa shape index (κ1) is 12.8. The maximum absolute atomic E-state index is 11.9. The highest BCUT2D eigenvalue weighted by Crippen LogP contribution is 2.24. The fourth-order valence-corrected chi connectivity index (χ4v) is 2.59. The minimum Gasteiger partial charge on any atom is -0.326 e. The third-order valence-corrected chi connectivity index (χ3v) is 3.64. The Bertz CT molecular complexity index is 610. The molecule has 1 heterocycles. The average molecular weight is 267 g/mol. The fraction of sp³-hybridized carbons (Fsp3) is 0.312. The van der Waals surface area contributed by atoms with Crippen LogP contribution in [-0.2, 0) is 24.1 Å². The van der Waals surface area contributed by atoms with Gasteiger partial charge in [-0.1, -0.05) is 6.07 Å². The van der Waals surface area contributed by atoms with E-state index in [-0.39, 0.29) is 5.91 Å². The second kappa shape index (κ2) is 5.82. The summed E-state index contributed by atoms with van der Waals surface area (Å²) in [6.07, 6.45) is 9.61. The molecule has 0 fully saturated rings. The van der Waals surface area contributed by atoms with Crippen molar-refractivity contribution in [2.24, 2.45) is 0 Å². The van der Waals surface area contributed by atoms with Gasteiger partial charge in [-0.15, -0.1) is 0 Å². The van der Waals surface area contributed by atoms with Crippen molar-refractivity contribution >= 4 is 11.6 Å². The van der Waals surface area contributed by atoms with E-state index >= 15 is 0 Å². The van der Waals surface area contributed by atoms with Gasteiger partial charge in [0.1, 0.15) is 6.33 Å². The summed E-state index contributed by atoms with van der Waals surface area (Å²) in [5.41, 5.74) is 4.68. The molecule has 0 atom stereocenters. The Morgan fingerprint density at radius 1 is 1.15 bits per heavy atom. The monoisotopic (exact) mass is 267 g/mol. The molecule has 4 nitrogen and oxygen atoms in total. The van der Waals surface area contributed by atoms with Crippen molar-refractivity contribution in [1.82, 2.24) is 9.97 Å². The van der Waals surface area contributed by atoms with Crippen LogP contribution in [0.3, 0.4) is 0 Å². The first-order chi connectivity index (χ1) is 9.81. The van der Waals surface area contributed by atoms with E-state index in [9.17, 15) is 4.79 Å². The van der Waals surface area contributed by atoms with Crippen molar-refractivity contribution in [3.05, 3.63) is 53.6 Å². The van der Waals surface area contributed by atoms with Crippen LogP contribution in [0.15, 0.2) is 36.9 Å². The first-order valence-electron chi connectivity index (χ1n) is 6.97. The lowest BCUT2D eigenvalue weighted by molar-refractivity contribution is -0.116. The molecule has 1 aromatic heterocycles. The number of anilines is 1. The van der Waals surface area contributed by atoms with Gasteiger partial charge in [0.05, 0.1) is 0 Å². The Kier molecular flexibility index (Phi) is 3.72. The number of carbonyl (C=O) groups is 1. The summed E-state index contributed by atoms with van der Waals surface area (Å²) in [5, 5.41) is 2.96. The first-order valence-corrected chi connectivity index (χ1v) is 6.97. The van der Waals surface area contributed by atoms with E-state index in [2.05, 4.69) is 27.4 Å². The van der Waals surface area contributed by atoms with Crippen molar-refractivity contribution in [3.8, 4) is 0 Å². The van der Waals surface area contributed by atoms with Crippen molar-refractivity contribution in [3.63, 3.8) is 0 Å². The zero-order valence-corrected chi connectivity index (χ0v) is 11.3. The number of benzene rings is 1. The lowest BCUT2D eigenvalue weighted by Crippen LogP contribution is -2.12. The third-order valence-electron chi connectivity index (χ3n) is 3.64. The second-order valence-corrected chi connectivity index (χ2v) is 5.13. The average Bonchev–Trinajstić information content (AvgIpc) is 2.94. The summed E-state index contributed by atoms with van der Waals surface area (Å²) < 4.78 is 0. The van der Waals surface area contributed by atoms with Crippen LogP contribution in [0.5, 0.6) is 0 Å². The molecule has 2 aromatic rings. The van der Waals surface area contributed by atoms with Gasteiger partial charge < -0.3 is 5.32 Å². The minimum atomic E-state index is 0.0341. The summed E-state index contributed by atoms with van der Waals surface area (Å²) in [7, 11) is 0. The van der Waals surface area contributed by atoms with Gasteiger partial charge in [-0.2, -0.15) is 0 Å². The molecule has 4 heteroatoms. The van der Waals surface area contributed by atoms with Gasteiger partial charge >= 0.3 is 0 Å². The van der Waals surface area contributed by atoms with E-state index in [1.54, 1.807) is 12.4 Å². The SMILES string of the molecule is O=C(CCc1cncnc1)Nc1ccc2c(c1)CCC2. The number of fused-ring (bicyclic) bond motifs is 1. The Morgan fingerprint density at radius 2 is 1.95 bits per heavy atom. The number of nitrogens with one attached hydrogen (secondary N) is 1. The Labute approximate surface area is 118 Å². The van der Waals surface area contributed by atoms with Crippen LogP contribution < -0.4 is 5.32 Å². The van der Waals surface area contributed by atoms with E-state index in [0.717, 1.165) is 24.1 Å². The molecule has 3 rings (SSSR count). The predicted molar refractivity (Wildman–Crippen MR) is 77.4 cm³/mol. The second-order valence-electron chi connectivity index (χ2n) is 5.13. The molecule has 0 aliphatic heterocycles. The molecule has 0 bridgehead atoms. The van der Waals surface area contributed by atoms with Crippen LogP contribution in [0.2, 0.25) is 0 Å². The number of nitrogens with zero attached hydrogens (tertiary/aromatic N) is 2. The van der Waals surface area contributed by atoms with Crippen LogP contribution in [0.1, 0.15) is 29.5 Å². The largest absolute Gasteiger partial charge is 0.326 e. The number of rotatable bonds is 4. The van der Waals surface area contributed by atoms with Gasteiger partial charge in [-0.3, -0.25) is 4.79 Å². The van der Waals surface area contributed by atoms with Gasteiger partial charge in [-0.05, 0) is 54.5 Å². The highest BCUT2D eigenvalue weighted by molar-refractivity contribution is 5.91. The molecular formula is C16H17N3O. The summed E-state index contributed by atoms with van der Waals surface area (Å²) in [5.74, 6) is 0.0341. The topological polar surface area (TPSA) is 54.9 Å². The van der Waals surface area contributed by atoms with Crippen LogP contribution in [0.25, 0.3) is 0 Å². The predicted octanol–water partition coefficient (Wildman–Crippen LogP) is 2.54. The van der Waals surface area contributed by atoms with Crippen molar-refractivity contribution in [2.75, 3.05) is 5.32 Å². The van der Waals surface area contributed by atoms with Gasteiger partial charge in [0.15, 0.2) is 0 Å². The quantitative estimate of drug-likeness (QED) is 0.926. The van der Waals surface area contributed by atoms with Gasteiger partial charge in [-0.25, -0.2) is 9.97 Å². The van der Waals surface area contributed by atoms with Crippen LogP contribution in [0, 0.1) is 0 Å². The molecule has 1 aliphatic rings. The molecule has 0 saturated carbocycles. The fourth-order valence-electron chi connectivity index (χ4n) is 2.59. The highest BCUT2D eigenvalue weighted by Gasteiger charge is 2.11. The number of aromatic nitrogens is 2. The standard InChI is InChI=1S/C16H17N3O/c20-16(7-4-12-9-17-11-18-10-12)19-15-6-5-13-2-1-3-14(13)8-15/h5-6,8-11H,1-4,7H2,(H,19,20). The molecule has 0 saturated heterocycles. The van der Waals surface area contributed by atoms with Crippen LogP contribution in [0.4, 0.5) is 5.69 Å². The molecule has 1 aromatic carbocycles. The molecular weight excluding hydrogens is 250 g/mol. The van der Waals surface area contributed by atoms with E-state index in [0.29, 0.717) is 12.8 Å². The molecule has 0 spiro atoms. The number of amides is 1. The maximum Gasteiger partial charge on any atom is 0.224 e. The van der Waals surface area contributed by atoms with Gasteiger partial charge in [0.25, 0.3) is 0 Å². The van der Waals surface area contributed by atoms with E-state index in [1.165, 1.54) is 23.9 Å². The Hall–Kier alpha value is -2.23. The van der Waals surface area contributed by atoms with E-state index < -0.39 is 0 Å². The number of hydrogen-bond donors (Lipinski definition) is 1. The smallest absolute Gasteiger partial charge is 0.224 e. The number of aryl methyl sites for hydroxylation is 3. The van der Waals surface area contributed by atoms with E-state index in [4.69, 9.17) is 0 Å². The number of hydrogen-bond acceptors (Lipinski definition) is 3. The normalized spacial score (nSPS) is 13.0. The zero-order valence-electron chi connectivity index (χ0n) is 11.3. The summed E-state index contributed by atoms with van der Waals surface area (Å²) in [6, 6.07) is 6.22. The third kappa shape index (κ3) is 3.02. The summed E-state index contributed by atoms with van der Waals surface area (Å²) in [6.45, 7) is 0. The number of carbonyl (C=O) groups excluding carboxylic acids is 1. The van der Waals surface area contributed by atoms with Crippen molar-refractivity contribution in [2.45, 2.75) is 32.1 Å². The maximum atomic E-state index is 11.9. The summed E-state index contributed by atoms with van der Waals surface area (Å²) in [4.78, 5) is 19.8. The van der Waals surface area contributed by atoms with Crippen molar-refractivity contribution in [1.29, 1.82) is 0 Å².